The Hall–Kier alpha value is -3.46. The van der Waals surface area contributed by atoms with Gasteiger partial charge in [0.2, 0.25) is 0 Å². The van der Waals surface area contributed by atoms with Gasteiger partial charge in [0.15, 0.2) is 0 Å². The molecule has 2 heterocycles. The summed E-state index contributed by atoms with van der Waals surface area (Å²) in [7, 11) is 3.27. The van der Waals surface area contributed by atoms with Crippen molar-refractivity contribution in [1.29, 1.82) is 0 Å². The second-order valence-corrected chi connectivity index (χ2v) is 8.00. The van der Waals surface area contributed by atoms with Crippen LogP contribution in [0.15, 0.2) is 72.8 Å². The topological polar surface area (TPSA) is 83.3 Å². The van der Waals surface area contributed by atoms with Gasteiger partial charge in [-0.2, -0.15) is 0 Å². The van der Waals surface area contributed by atoms with Crippen LogP contribution in [0.3, 0.4) is 0 Å². The van der Waals surface area contributed by atoms with E-state index in [1.807, 2.05) is 48.5 Å². The third kappa shape index (κ3) is 3.93. The zero-order valence-electron chi connectivity index (χ0n) is 18.3. The summed E-state index contributed by atoms with van der Waals surface area (Å²) in [6.07, 6.45) is -0.937. The minimum atomic E-state index is -0.399. The highest BCUT2D eigenvalue weighted by molar-refractivity contribution is 5.36. The Bertz CT molecular complexity index is 1120. The molecule has 3 aromatic rings. The molecule has 2 aliphatic heterocycles. The zero-order chi connectivity index (χ0) is 22.9. The van der Waals surface area contributed by atoms with Crippen molar-refractivity contribution >= 4 is 5.69 Å². The lowest BCUT2D eigenvalue weighted by Gasteiger charge is -2.28. The molecule has 0 radical (unpaired) electrons. The molecule has 2 saturated heterocycles. The van der Waals surface area contributed by atoms with Crippen LogP contribution in [0.25, 0.3) is 0 Å². The highest BCUT2D eigenvalue weighted by Gasteiger charge is 2.51. The van der Waals surface area contributed by atoms with Crippen molar-refractivity contribution in [2.45, 2.75) is 24.6 Å². The lowest BCUT2D eigenvalue weighted by atomic mass is 10.0. The first-order valence-electron chi connectivity index (χ1n) is 10.7. The predicted octanol–water partition coefficient (Wildman–Crippen LogP) is 4.78. The summed E-state index contributed by atoms with van der Waals surface area (Å²) in [6.45, 7) is 0.477. The maximum absolute atomic E-state index is 11.1. The molecule has 2 fully saturated rings. The number of nitrogens with zero attached hydrogens (tertiary/aromatic N) is 2. The van der Waals surface area contributed by atoms with E-state index in [9.17, 15) is 10.1 Å². The summed E-state index contributed by atoms with van der Waals surface area (Å²) < 4.78 is 23.4. The van der Waals surface area contributed by atoms with Crippen LogP contribution in [0.5, 0.6) is 11.5 Å². The van der Waals surface area contributed by atoms with Crippen molar-refractivity contribution in [3.8, 4) is 11.5 Å². The van der Waals surface area contributed by atoms with Crippen LogP contribution in [0.1, 0.15) is 35.3 Å². The quantitative estimate of drug-likeness (QED) is 0.396. The van der Waals surface area contributed by atoms with Crippen LogP contribution in [0, 0.1) is 10.1 Å². The number of methoxy groups -OCH3 is 2. The second kappa shape index (κ2) is 8.82. The molecular weight excluding hydrogens is 424 g/mol. The highest BCUT2D eigenvalue weighted by atomic mass is 16.6. The number of nitro groups is 1. The van der Waals surface area contributed by atoms with Gasteiger partial charge in [-0.05, 0) is 53.1 Å². The summed E-state index contributed by atoms with van der Waals surface area (Å²) in [5.74, 6) is 1.55. The molecule has 0 N–H and O–H groups in total. The van der Waals surface area contributed by atoms with Gasteiger partial charge in [-0.25, -0.2) is 4.90 Å². The van der Waals surface area contributed by atoms with Gasteiger partial charge >= 0.3 is 0 Å². The molecule has 0 saturated carbocycles. The number of non-ortho nitro benzene ring substituents is 1. The van der Waals surface area contributed by atoms with Gasteiger partial charge in [0, 0.05) is 12.1 Å². The molecule has 33 heavy (non-hydrogen) atoms. The summed E-state index contributed by atoms with van der Waals surface area (Å²) in [6, 6.07) is 22.1. The van der Waals surface area contributed by atoms with Crippen molar-refractivity contribution in [2.24, 2.45) is 0 Å². The van der Waals surface area contributed by atoms with Gasteiger partial charge in [0.1, 0.15) is 30.1 Å². The standard InChI is InChI=1S/C25H24N2O6/c1-30-20-11-5-17(6-12-20)24-26-22(15-32-24)23(16-3-9-19(10-4-16)27(28)29)33-25(26)18-7-13-21(31-2)14-8-18/h3-14,22-25H,15H2,1-2H3. The fourth-order valence-electron chi connectivity index (χ4n) is 4.52. The number of benzene rings is 3. The predicted molar refractivity (Wildman–Crippen MR) is 120 cm³/mol. The van der Waals surface area contributed by atoms with Crippen molar-refractivity contribution < 1.29 is 23.9 Å². The molecule has 0 amide bonds. The van der Waals surface area contributed by atoms with E-state index < -0.39 is 4.92 Å². The average Bonchev–Trinajstić information content (AvgIpc) is 3.45. The van der Waals surface area contributed by atoms with E-state index >= 15 is 0 Å². The number of rotatable bonds is 6. The Balaban J connectivity index is 1.50. The fourth-order valence-corrected chi connectivity index (χ4v) is 4.52. The van der Waals surface area contributed by atoms with E-state index in [0.29, 0.717) is 6.61 Å². The molecule has 2 aliphatic rings. The molecule has 0 aliphatic carbocycles. The smallest absolute Gasteiger partial charge is 0.269 e. The van der Waals surface area contributed by atoms with E-state index in [1.54, 1.807) is 26.4 Å². The molecule has 3 aromatic carbocycles. The second-order valence-electron chi connectivity index (χ2n) is 8.00. The first kappa shape index (κ1) is 21.4. The van der Waals surface area contributed by atoms with Crippen molar-refractivity contribution in [3.63, 3.8) is 0 Å². The van der Waals surface area contributed by atoms with Crippen LogP contribution < -0.4 is 9.47 Å². The van der Waals surface area contributed by atoms with Crippen molar-refractivity contribution in [1.82, 2.24) is 4.90 Å². The number of hydrogen-bond donors (Lipinski definition) is 0. The first-order chi connectivity index (χ1) is 16.1. The maximum atomic E-state index is 11.1. The maximum Gasteiger partial charge on any atom is 0.269 e. The van der Waals surface area contributed by atoms with Gasteiger partial charge in [-0.3, -0.25) is 10.1 Å². The number of fused-ring (bicyclic) bond motifs is 1. The Labute approximate surface area is 191 Å². The Kier molecular flexibility index (Phi) is 5.72. The summed E-state index contributed by atoms with van der Waals surface area (Å²) >= 11 is 0. The number of hydrogen-bond acceptors (Lipinski definition) is 7. The van der Waals surface area contributed by atoms with E-state index in [4.69, 9.17) is 18.9 Å². The Morgan fingerprint density at radius 3 is 1.85 bits per heavy atom. The highest BCUT2D eigenvalue weighted by Crippen LogP contribution is 2.51. The molecule has 5 rings (SSSR count). The van der Waals surface area contributed by atoms with E-state index in [0.717, 1.165) is 28.2 Å². The minimum absolute atomic E-state index is 0.0503. The summed E-state index contributed by atoms with van der Waals surface area (Å²) in [5.41, 5.74) is 2.92. The van der Waals surface area contributed by atoms with Crippen LogP contribution in [-0.2, 0) is 9.47 Å². The van der Waals surface area contributed by atoms with Crippen LogP contribution >= 0.6 is 0 Å². The lowest BCUT2D eigenvalue weighted by molar-refractivity contribution is -0.384. The van der Waals surface area contributed by atoms with Crippen molar-refractivity contribution in [3.05, 3.63) is 99.6 Å². The molecule has 8 nitrogen and oxygen atoms in total. The normalized spacial score (nSPS) is 24.4. The molecule has 4 unspecified atom stereocenters. The van der Waals surface area contributed by atoms with Crippen molar-refractivity contribution in [2.75, 3.05) is 20.8 Å². The zero-order valence-corrected chi connectivity index (χ0v) is 18.3. The molecule has 0 spiro atoms. The Morgan fingerprint density at radius 1 is 0.818 bits per heavy atom. The lowest BCUT2D eigenvalue weighted by Crippen LogP contribution is -2.31. The molecule has 0 aromatic heterocycles. The molecule has 0 bridgehead atoms. The number of ether oxygens (including phenoxy) is 4. The monoisotopic (exact) mass is 448 g/mol. The third-order valence-corrected chi connectivity index (χ3v) is 6.21. The SMILES string of the molecule is COc1ccc(C2OCC3C(c4ccc([N+](=O)[O-])cc4)OC(c4ccc(OC)cc4)N23)cc1. The molecule has 4 atom stereocenters. The molecule has 8 heteroatoms. The molecule has 170 valence electrons. The van der Waals surface area contributed by atoms with E-state index in [1.165, 1.54) is 12.1 Å². The third-order valence-electron chi connectivity index (χ3n) is 6.21. The molecular formula is C25H24N2O6. The van der Waals surface area contributed by atoms with Gasteiger partial charge in [-0.1, -0.05) is 24.3 Å². The van der Waals surface area contributed by atoms with Crippen LogP contribution in [0.2, 0.25) is 0 Å². The van der Waals surface area contributed by atoms with Gasteiger partial charge in [0.25, 0.3) is 5.69 Å². The Morgan fingerprint density at radius 2 is 1.33 bits per heavy atom. The minimum Gasteiger partial charge on any atom is -0.497 e. The summed E-state index contributed by atoms with van der Waals surface area (Å²) in [5, 5.41) is 11.1. The average molecular weight is 448 g/mol. The van der Waals surface area contributed by atoms with Crippen LogP contribution in [0.4, 0.5) is 5.69 Å². The van der Waals surface area contributed by atoms with Gasteiger partial charge < -0.3 is 18.9 Å². The first-order valence-corrected chi connectivity index (χ1v) is 10.7. The fraction of sp³-hybridized carbons (Fsp3) is 0.280. The van der Waals surface area contributed by atoms with Crippen LogP contribution in [-0.4, -0.2) is 36.7 Å². The summed E-state index contributed by atoms with van der Waals surface area (Å²) in [4.78, 5) is 12.9. The largest absolute Gasteiger partial charge is 0.497 e. The van der Waals surface area contributed by atoms with E-state index in [2.05, 4.69) is 4.90 Å². The van der Waals surface area contributed by atoms with E-state index in [-0.39, 0.29) is 30.3 Å². The van der Waals surface area contributed by atoms with Gasteiger partial charge in [0.05, 0.1) is 31.8 Å². The van der Waals surface area contributed by atoms with Gasteiger partial charge in [-0.15, -0.1) is 0 Å². The number of nitro benzene ring substituents is 1.